The van der Waals surface area contributed by atoms with Crippen LogP contribution in [0.2, 0.25) is 0 Å². The molecule has 92 valence electrons. The molecule has 3 heteroatoms. The van der Waals surface area contributed by atoms with E-state index in [2.05, 4.69) is 33.0 Å². The Bertz CT molecular complexity index is 149. The fourth-order valence-electron chi connectivity index (χ4n) is 1.61. The third kappa shape index (κ3) is 10.2. The minimum Gasteiger partial charge on any atom is -0.393 e. The Morgan fingerprint density at radius 3 is 2.00 bits per heavy atom. The Kier molecular flexibility index (Phi) is 8.02. The Balaban J connectivity index is 3.50. The predicted octanol–water partition coefficient (Wildman–Crippen LogP) is 1.53. The normalized spacial score (nSPS) is 16.0. The van der Waals surface area contributed by atoms with Crippen LogP contribution >= 0.6 is 0 Å². The second-order valence-corrected chi connectivity index (χ2v) is 5.07. The van der Waals surface area contributed by atoms with E-state index >= 15 is 0 Å². The highest BCUT2D eigenvalue weighted by molar-refractivity contribution is 4.66. The van der Waals surface area contributed by atoms with Crippen LogP contribution in [0.4, 0.5) is 0 Å². The summed E-state index contributed by atoms with van der Waals surface area (Å²) in [7, 11) is 0. The number of hydrogen-bond acceptors (Lipinski definition) is 3. The van der Waals surface area contributed by atoms with E-state index in [1.54, 1.807) is 0 Å². The van der Waals surface area contributed by atoms with Gasteiger partial charge >= 0.3 is 0 Å². The summed E-state index contributed by atoms with van der Waals surface area (Å²) in [5.74, 6) is 0.487. The smallest absolute Gasteiger partial charge is 0.0577 e. The first-order valence-corrected chi connectivity index (χ1v) is 6.01. The number of hydrogen-bond donors (Lipinski definition) is 3. The lowest BCUT2D eigenvalue weighted by atomic mass is 10.00. The van der Waals surface area contributed by atoms with E-state index < -0.39 is 0 Å². The van der Waals surface area contributed by atoms with Crippen molar-refractivity contribution in [3.05, 3.63) is 0 Å². The van der Waals surface area contributed by atoms with Crippen LogP contribution in [0, 0.1) is 5.92 Å². The maximum atomic E-state index is 9.65. The summed E-state index contributed by atoms with van der Waals surface area (Å²) in [6.07, 6.45) is 1.24. The van der Waals surface area contributed by atoms with Crippen molar-refractivity contribution in [2.24, 2.45) is 5.92 Å². The lowest BCUT2D eigenvalue weighted by Gasteiger charge is -2.18. The summed E-state index contributed by atoms with van der Waals surface area (Å²) < 4.78 is 0. The van der Waals surface area contributed by atoms with Gasteiger partial charge < -0.3 is 15.5 Å². The van der Waals surface area contributed by atoms with Crippen molar-refractivity contribution in [1.82, 2.24) is 5.32 Å². The average molecular weight is 217 g/mol. The van der Waals surface area contributed by atoms with E-state index in [0.29, 0.717) is 24.8 Å². The van der Waals surface area contributed by atoms with Crippen LogP contribution in [0.5, 0.6) is 0 Å². The van der Waals surface area contributed by atoms with Crippen molar-refractivity contribution in [3.63, 3.8) is 0 Å². The van der Waals surface area contributed by atoms with Gasteiger partial charge in [0.15, 0.2) is 0 Å². The largest absolute Gasteiger partial charge is 0.393 e. The number of rotatable bonds is 8. The number of aliphatic hydroxyl groups is 2. The molecule has 0 rings (SSSR count). The Morgan fingerprint density at radius 1 is 0.933 bits per heavy atom. The minimum absolute atomic E-state index is 0.362. The second-order valence-electron chi connectivity index (χ2n) is 5.07. The van der Waals surface area contributed by atoms with Crippen molar-refractivity contribution in [3.8, 4) is 0 Å². The van der Waals surface area contributed by atoms with E-state index in [0.717, 1.165) is 13.0 Å². The van der Waals surface area contributed by atoms with E-state index in [-0.39, 0.29) is 12.2 Å². The van der Waals surface area contributed by atoms with Gasteiger partial charge in [0.2, 0.25) is 0 Å². The molecule has 3 N–H and O–H groups in total. The highest BCUT2D eigenvalue weighted by Crippen LogP contribution is 2.11. The van der Waals surface area contributed by atoms with Crippen LogP contribution in [-0.4, -0.2) is 35.0 Å². The zero-order chi connectivity index (χ0) is 11.8. The van der Waals surface area contributed by atoms with Crippen LogP contribution in [-0.2, 0) is 0 Å². The molecule has 0 aromatic heterocycles. The highest BCUT2D eigenvalue weighted by atomic mass is 16.3. The zero-order valence-electron chi connectivity index (χ0n) is 10.5. The summed E-state index contributed by atoms with van der Waals surface area (Å²) in [6, 6.07) is 0.456. The quantitative estimate of drug-likeness (QED) is 0.578. The Hall–Kier alpha value is -0.120. The van der Waals surface area contributed by atoms with Gasteiger partial charge in [-0.2, -0.15) is 0 Å². The molecule has 0 unspecified atom stereocenters. The molecule has 0 bridgehead atoms. The molecule has 0 fully saturated rings. The van der Waals surface area contributed by atoms with Gasteiger partial charge in [-0.1, -0.05) is 27.7 Å². The van der Waals surface area contributed by atoms with Crippen molar-refractivity contribution in [2.75, 3.05) is 6.54 Å². The van der Waals surface area contributed by atoms with Crippen LogP contribution in [0.1, 0.15) is 47.0 Å². The average Bonchev–Trinajstić information content (AvgIpc) is 2.00. The summed E-state index contributed by atoms with van der Waals surface area (Å²) in [6.45, 7) is 9.14. The molecule has 0 aliphatic rings. The first kappa shape index (κ1) is 14.9. The van der Waals surface area contributed by atoms with E-state index in [1.165, 1.54) is 0 Å². The van der Waals surface area contributed by atoms with Crippen LogP contribution in [0.3, 0.4) is 0 Å². The fraction of sp³-hybridized carbons (Fsp3) is 1.00. The van der Waals surface area contributed by atoms with E-state index in [1.807, 2.05) is 0 Å². The molecular formula is C12H27NO2. The number of nitrogens with one attached hydrogen (secondary N) is 1. The molecule has 0 spiro atoms. The van der Waals surface area contributed by atoms with Crippen LogP contribution in [0.15, 0.2) is 0 Å². The topological polar surface area (TPSA) is 52.5 Å². The molecule has 0 saturated carbocycles. The van der Waals surface area contributed by atoms with Gasteiger partial charge in [0.1, 0.15) is 0 Å². The summed E-state index contributed by atoms with van der Waals surface area (Å²) in [4.78, 5) is 0. The standard InChI is InChI=1S/C12H27NO2/c1-9(2)7-12(15)8-11(14)5-6-13-10(3)4/h9-15H,5-8H2,1-4H3/t11-,12+/m1/s1. The molecule has 0 amide bonds. The molecule has 0 aliphatic heterocycles. The van der Waals surface area contributed by atoms with Crippen LogP contribution in [0.25, 0.3) is 0 Å². The van der Waals surface area contributed by atoms with Gasteiger partial charge in [-0.25, -0.2) is 0 Å². The fourth-order valence-corrected chi connectivity index (χ4v) is 1.61. The van der Waals surface area contributed by atoms with Crippen LogP contribution < -0.4 is 5.32 Å². The lowest BCUT2D eigenvalue weighted by Crippen LogP contribution is -2.28. The van der Waals surface area contributed by atoms with E-state index in [9.17, 15) is 10.2 Å². The maximum absolute atomic E-state index is 9.65. The first-order valence-electron chi connectivity index (χ1n) is 6.01. The molecule has 0 heterocycles. The molecule has 2 atom stereocenters. The molecule has 3 nitrogen and oxygen atoms in total. The second kappa shape index (κ2) is 8.08. The van der Waals surface area contributed by atoms with Crippen molar-refractivity contribution in [2.45, 2.75) is 65.2 Å². The van der Waals surface area contributed by atoms with Crippen molar-refractivity contribution < 1.29 is 10.2 Å². The van der Waals surface area contributed by atoms with Crippen molar-refractivity contribution in [1.29, 1.82) is 0 Å². The molecule has 0 aromatic carbocycles. The van der Waals surface area contributed by atoms with Gasteiger partial charge in [-0.3, -0.25) is 0 Å². The molecule has 0 saturated heterocycles. The Labute approximate surface area is 93.9 Å². The first-order chi connectivity index (χ1) is 6.91. The predicted molar refractivity (Wildman–Crippen MR) is 63.8 cm³/mol. The van der Waals surface area contributed by atoms with Gasteiger partial charge in [-0.15, -0.1) is 0 Å². The molecule has 0 aromatic rings. The zero-order valence-corrected chi connectivity index (χ0v) is 10.5. The third-order valence-corrected chi connectivity index (χ3v) is 2.32. The van der Waals surface area contributed by atoms with Gasteiger partial charge in [0, 0.05) is 6.04 Å². The van der Waals surface area contributed by atoms with Gasteiger partial charge in [-0.05, 0) is 31.7 Å². The lowest BCUT2D eigenvalue weighted by molar-refractivity contribution is 0.0641. The van der Waals surface area contributed by atoms with Gasteiger partial charge in [0.25, 0.3) is 0 Å². The Morgan fingerprint density at radius 2 is 1.53 bits per heavy atom. The minimum atomic E-state index is -0.384. The third-order valence-electron chi connectivity index (χ3n) is 2.32. The van der Waals surface area contributed by atoms with Crippen molar-refractivity contribution >= 4 is 0 Å². The monoisotopic (exact) mass is 217 g/mol. The number of aliphatic hydroxyl groups excluding tert-OH is 2. The molecule has 0 radical (unpaired) electrons. The van der Waals surface area contributed by atoms with Gasteiger partial charge in [0.05, 0.1) is 12.2 Å². The van der Waals surface area contributed by atoms with E-state index in [4.69, 9.17) is 0 Å². The summed E-state index contributed by atoms with van der Waals surface area (Å²) in [5, 5.41) is 22.5. The highest BCUT2D eigenvalue weighted by Gasteiger charge is 2.12. The SMILES string of the molecule is CC(C)C[C@H](O)C[C@H](O)CCNC(C)C. The maximum Gasteiger partial charge on any atom is 0.0577 e. The summed E-state index contributed by atoms with van der Waals surface area (Å²) >= 11 is 0. The molecule has 0 aliphatic carbocycles. The molecular weight excluding hydrogens is 190 g/mol. The summed E-state index contributed by atoms with van der Waals surface area (Å²) in [5.41, 5.74) is 0. The molecule has 15 heavy (non-hydrogen) atoms.